The highest BCUT2D eigenvalue weighted by molar-refractivity contribution is 7.11. The molecule has 0 aliphatic carbocycles. The van der Waals surface area contributed by atoms with E-state index in [0.717, 1.165) is 4.88 Å². The van der Waals surface area contributed by atoms with Gasteiger partial charge in [0, 0.05) is 9.90 Å². The number of rotatable bonds is 3. The number of fused-ring (bicyclic) bond motifs is 1. The Hall–Kier alpha value is -2.48. The lowest BCUT2D eigenvalue weighted by Gasteiger charge is -2.25. The van der Waals surface area contributed by atoms with Crippen molar-refractivity contribution in [2.75, 3.05) is 7.11 Å². The zero-order valence-electron chi connectivity index (χ0n) is 15.0. The minimum Gasteiger partial charge on any atom is -0.466 e. The smallest absolute Gasteiger partial charge is 0.338 e. The normalized spacial score (nSPS) is 16.7. The van der Waals surface area contributed by atoms with Crippen LogP contribution in [-0.2, 0) is 9.53 Å². The van der Waals surface area contributed by atoms with Crippen molar-refractivity contribution < 1.29 is 9.53 Å². The third kappa shape index (κ3) is 3.15. The van der Waals surface area contributed by atoms with Crippen LogP contribution in [0.25, 0.3) is 6.08 Å². The van der Waals surface area contributed by atoms with Gasteiger partial charge in [-0.05, 0) is 36.1 Å². The third-order valence-corrected chi connectivity index (χ3v) is 6.59. The van der Waals surface area contributed by atoms with E-state index in [1.165, 1.54) is 23.0 Å². The van der Waals surface area contributed by atoms with E-state index in [1.807, 2.05) is 35.7 Å². The number of halogens is 1. The number of esters is 1. The number of allylic oxidation sites excluding steroid dienone is 1. The lowest BCUT2D eigenvalue weighted by atomic mass is 9.96. The van der Waals surface area contributed by atoms with E-state index >= 15 is 0 Å². The first-order valence-corrected chi connectivity index (χ1v) is 10.5. The number of thiophene rings is 1. The van der Waals surface area contributed by atoms with Crippen molar-refractivity contribution >= 4 is 46.3 Å². The zero-order valence-corrected chi connectivity index (χ0v) is 17.4. The van der Waals surface area contributed by atoms with Crippen molar-refractivity contribution in [3.05, 3.63) is 88.2 Å². The molecule has 0 fully saturated rings. The lowest BCUT2D eigenvalue weighted by molar-refractivity contribution is -0.136. The van der Waals surface area contributed by atoms with E-state index in [0.29, 0.717) is 31.2 Å². The maximum Gasteiger partial charge on any atom is 0.338 e. The van der Waals surface area contributed by atoms with Crippen molar-refractivity contribution in [1.82, 2.24) is 4.57 Å². The van der Waals surface area contributed by atoms with Gasteiger partial charge in [0.15, 0.2) is 4.80 Å². The van der Waals surface area contributed by atoms with Crippen LogP contribution in [0.1, 0.15) is 23.4 Å². The van der Waals surface area contributed by atoms with Crippen LogP contribution in [-0.4, -0.2) is 17.6 Å². The quantitative estimate of drug-likeness (QED) is 0.600. The van der Waals surface area contributed by atoms with Crippen molar-refractivity contribution in [3.63, 3.8) is 0 Å². The number of benzene rings is 1. The molecule has 0 bridgehead atoms. The van der Waals surface area contributed by atoms with E-state index in [1.54, 1.807) is 30.4 Å². The average Bonchev–Trinajstić information content (AvgIpc) is 3.29. The van der Waals surface area contributed by atoms with Gasteiger partial charge in [-0.2, -0.15) is 0 Å². The molecule has 0 radical (unpaired) electrons. The van der Waals surface area contributed by atoms with E-state index in [-0.39, 0.29) is 5.56 Å². The first-order valence-electron chi connectivity index (χ1n) is 8.40. The van der Waals surface area contributed by atoms with Gasteiger partial charge in [0.25, 0.3) is 5.56 Å². The van der Waals surface area contributed by atoms with Gasteiger partial charge in [0.05, 0.1) is 22.9 Å². The molecule has 28 heavy (non-hydrogen) atoms. The molecule has 0 amide bonds. The van der Waals surface area contributed by atoms with Crippen LogP contribution < -0.4 is 14.9 Å². The molecule has 2 aromatic heterocycles. The Bertz CT molecular complexity index is 1270. The predicted molar refractivity (Wildman–Crippen MR) is 112 cm³/mol. The van der Waals surface area contributed by atoms with Crippen molar-refractivity contribution in [2.24, 2.45) is 4.99 Å². The first kappa shape index (κ1) is 18.9. The summed E-state index contributed by atoms with van der Waals surface area (Å²) in [7, 11) is 1.31. The molecule has 142 valence electrons. The molecule has 1 aliphatic rings. The second-order valence-corrected chi connectivity index (χ2v) is 8.51. The number of carbonyl (C=O) groups is 1. The Balaban J connectivity index is 2.03. The monoisotopic (exact) mass is 430 g/mol. The van der Waals surface area contributed by atoms with Gasteiger partial charge in [-0.1, -0.05) is 47.2 Å². The van der Waals surface area contributed by atoms with Crippen molar-refractivity contribution in [1.29, 1.82) is 0 Å². The van der Waals surface area contributed by atoms with Gasteiger partial charge in [-0.25, -0.2) is 9.79 Å². The van der Waals surface area contributed by atoms with Crippen LogP contribution in [0, 0.1) is 0 Å². The minimum atomic E-state index is -0.692. The molecule has 3 heterocycles. The van der Waals surface area contributed by atoms with Crippen LogP contribution in [0.15, 0.2) is 62.8 Å². The topological polar surface area (TPSA) is 60.7 Å². The van der Waals surface area contributed by atoms with Crippen molar-refractivity contribution in [2.45, 2.75) is 13.0 Å². The van der Waals surface area contributed by atoms with Gasteiger partial charge in [-0.15, -0.1) is 11.3 Å². The van der Waals surface area contributed by atoms with Gasteiger partial charge in [0.1, 0.15) is 6.04 Å². The van der Waals surface area contributed by atoms with E-state index in [9.17, 15) is 9.59 Å². The van der Waals surface area contributed by atoms with Crippen LogP contribution in [0.4, 0.5) is 0 Å². The first-order chi connectivity index (χ1) is 13.5. The second-order valence-electron chi connectivity index (χ2n) is 6.11. The van der Waals surface area contributed by atoms with Crippen LogP contribution in [0.3, 0.4) is 0 Å². The minimum absolute atomic E-state index is 0.212. The molecule has 8 heteroatoms. The summed E-state index contributed by atoms with van der Waals surface area (Å²) in [6.45, 7) is 1.74. The maximum atomic E-state index is 13.3. The van der Waals surface area contributed by atoms with Crippen LogP contribution in [0.2, 0.25) is 5.02 Å². The molecule has 1 aromatic carbocycles. The summed E-state index contributed by atoms with van der Waals surface area (Å²) in [5.74, 6) is -0.529. The average molecular weight is 431 g/mol. The number of hydrogen-bond acceptors (Lipinski definition) is 6. The number of carbonyl (C=O) groups excluding carboxylic acids is 1. The van der Waals surface area contributed by atoms with E-state index < -0.39 is 12.0 Å². The molecule has 5 nitrogen and oxygen atoms in total. The van der Waals surface area contributed by atoms with Gasteiger partial charge in [0.2, 0.25) is 0 Å². The molecule has 4 rings (SSSR count). The Morgan fingerprint density at radius 1 is 1.29 bits per heavy atom. The Labute approximate surface area is 173 Å². The fourth-order valence-electron chi connectivity index (χ4n) is 3.19. The lowest BCUT2D eigenvalue weighted by Crippen LogP contribution is -2.39. The molecule has 1 atom stereocenters. The summed E-state index contributed by atoms with van der Waals surface area (Å²) >= 11 is 9.28. The van der Waals surface area contributed by atoms with Crippen LogP contribution in [0.5, 0.6) is 0 Å². The fourth-order valence-corrected chi connectivity index (χ4v) is 5.19. The van der Waals surface area contributed by atoms with Crippen molar-refractivity contribution in [3.8, 4) is 0 Å². The predicted octanol–water partition coefficient (Wildman–Crippen LogP) is 3.12. The van der Waals surface area contributed by atoms with E-state index in [4.69, 9.17) is 16.3 Å². The molecule has 0 saturated carbocycles. The van der Waals surface area contributed by atoms with Gasteiger partial charge < -0.3 is 4.74 Å². The molecule has 0 saturated heterocycles. The highest BCUT2D eigenvalue weighted by atomic mass is 35.5. The Morgan fingerprint density at radius 3 is 2.75 bits per heavy atom. The van der Waals surface area contributed by atoms with E-state index in [2.05, 4.69) is 4.99 Å². The van der Waals surface area contributed by atoms with Gasteiger partial charge >= 0.3 is 5.97 Å². The molecule has 0 spiro atoms. The Morgan fingerprint density at radius 2 is 2.07 bits per heavy atom. The summed E-state index contributed by atoms with van der Waals surface area (Å²) < 4.78 is 7.07. The molecule has 1 unspecified atom stereocenters. The summed E-state index contributed by atoms with van der Waals surface area (Å²) in [5, 5.41) is 2.42. The largest absolute Gasteiger partial charge is 0.466 e. The fraction of sp³-hybridized carbons (Fsp3) is 0.150. The summed E-state index contributed by atoms with van der Waals surface area (Å²) in [6, 6.07) is 10.4. The molecule has 0 N–H and O–H groups in total. The number of hydrogen-bond donors (Lipinski definition) is 0. The number of nitrogens with zero attached hydrogens (tertiary/aromatic N) is 2. The van der Waals surface area contributed by atoms with Gasteiger partial charge in [-0.3, -0.25) is 9.36 Å². The number of methoxy groups -OCH3 is 1. The molecular formula is C20H15ClN2O3S2. The summed E-state index contributed by atoms with van der Waals surface area (Å²) in [4.78, 5) is 31.8. The number of ether oxygens (including phenoxy) is 1. The van der Waals surface area contributed by atoms with Crippen LogP contribution >= 0.6 is 34.3 Å². The summed E-state index contributed by atoms with van der Waals surface area (Å²) in [6.07, 6.45) is 1.84. The second kappa shape index (κ2) is 7.50. The number of thiazole rings is 1. The Kier molecular flexibility index (Phi) is 5.05. The molecule has 3 aromatic rings. The highest BCUT2D eigenvalue weighted by Crippen LogP contribution is 2.34. The third-order valence-electron chi connectivity index (χ3n) is 4.44. The molecular weight excluding hydrogens is 416 g/mol. The molecule has 1 aliphatic heterocycles. The SMILES string of the molecule is COC(=O)C1=C(C)N=c2s/c(=C\c3cccs3)c(=O)n2C1c1ccccc1Cl. The summed E-state index contributed by atoms with van der Waals surface area (Å²) in [5.41, 5.74) is 1.27. The number of aromatic nitrogens is 1. The highest BCUT2D eigenvalue weighted by Gasteiger charge is 2.34. The standard InChI is InChI=1S/C20H15ClN2O3S2/c1-11-16(19(25)26-2)17(13-7-3-4-8-14(13)21)23-18(24)15(28-20(23)22-11)10-12-6-5-9-27-12/h3-10,17H,1-2H3/b15-10-. The maximum absolute atomic E-state index is 13.3. The zero-order chi connectivity index (χ0) is 19.8.